The number of hydrogen-bond donors (Lipinski definition) is 0. The lowest BCUT2D eigenvalue weighted by atomic mass is 9.84. The summed E-state index contributed by atoms with van der Waals surface area (Å²) in [6, 6.07) is 17.9. The second kappa shape index (κ2) is 6.27. The van der Waals surface area contributed by atoms with Crippen LogP contribution in [0.3, 0.4) is 0 Å². The van der Waals surface area contributed by atoms with Crippen molar-refractivity contribution in [3.63, 3.8) is 0 Å². The smallest absolute Gasteiger partial charge is 0.150 e. The Hall–Kier alpha value is -2.87. The summed E-state index contributed by atoms with van der Waals surface area (Å²) in [4.78, 5) is 11.2. The Balaban J connectivity index is 1.94. The molecule has 0 bridgehead atoms. The molecule has 0 amide bonds. The van der Waals surface area contributed by atoms with Gasteiger partial charge in [0.05, 0.1) is 7.11 Å². The Bertz CT molecular complexity index is 780. The number of carbonyl (C=O) groups excluding carboxylic acids is 1. The summed E-state index contributed by atoms with van der Waals surface area (Å²) >= 11 is 0. The van der Waals surface area contributed by atoms with Crippen molar-refractivity contribution in [3.8, 4) is 5.75 Å². The van der Waals surface area contributed by atoms with Crippen LogP contribution < -0.4 is 4.74 Å². The van der Waals surface area contributed by atoms with Crippen LogP contribution in [0.25, 0.3) is 11.6 Å². The summed E-state index contributed by atoms with van der Waals surface area (Å²) in [5.41, 5.74) is 4.88. The number of carbonyl (C=O) groups is 1. The van der Waals surface area contributed by atoms with Gasteiger partial charge in [-0.05, 0) is 40.5 Å². The van der Waals surface area contributed by atoms with Crippen LogP contribution in [0.15, 0.2) is 77.9 Å². The van der Waals surface area contributed by atoms with E-state index >= 15 is 0 Å². The third kappa shape index (κ3) is 2.77. The molecule has 0 saturated carbocycles. The van der Waals surface area contributed by atoms with Crippen molar-refractivity contribution in [2.45, 2.75) is 0 Å². The Labute approximate surface area is 130 Å². The maximum atomic E-state index is 11.2. The highest BCUT2D eigenvalue weighted by Gasteiger charge is 2.19. The standard InChI is InChI=1S/C20H16O2/c1-22-19-9-5-8-16(13-19)20-17(12-18(20)14-21)11-10-15-6-3-2-4-7-15/h2-14H,1H3/b11-10+. The van der Waals surface area contributed by atoms with Crippen molar-refractivity contribution in [2.24, 2.45) is 0 Å². The molecule has 1 aliphatic carbocycles. The molecule has 0 spiro atoms. The van der Waals surface area contributed by atoms with Crippen LogP contribution in [0.4, 0.5) is 0 Å². The molecule has 0 unspecified atom stereocenters. The highest BCUT2D eigenvalue weighted by atomic mass is 16.5. The Kier molecular flexibility index (Phi) is 4.01. The third-order valence-electron chi connectivity index (χ3n) is 3.63. The molecule has 0 heterocycles. The fourth-order valence-corrected chi connectivity index (χ4v) is 2.49. The van der Waals surface area contributed by atoms with Gasteiger partial charge in [0.1, 0.15) is 5.75 Å². The molecular weight excluding hydrogens is 272 g/mol. The van der Waals surface area contributed by atoms with E-state index in [1.807, 2.05) is 72.8 Å². The van der Waals surface area contributed by atoms with Gasteiger partial charge >= 0.3 is 0 Å². The average Bonchev–Trinajstić information content (AvgIpc) is 2.55. The van der Waals surface area contributed by atoms with Crippen LogP contribution in [0.1, 0.15) is 11.1 Å². The van der Waals surface area contributed by atoms with E-state index in [9.17, 15) is 4.79 Å². The van der Waals surface area contributed by atoms with E-state index in [0.717, 1.165) is 39.9 Å². The van der Waals surface area contributed by atoms with Crippen molar-refractivity contribution >= 4 is 17.9 Å². The zero-order valence-electron chi connectivity index (χ0n) is 12.3. The van der Waals surface area contributed by atoms with Crippen molar-refractivity contribution in [1.82, 2.24) is 0 Å². The molecule has 2 nitrogen and oxygen atoms in total. The van der Waals surface area contributed by atoms with E-state index in [1.54, 1.807) is 7.11 Å². The summed E-state index contributed by atoms with van der Waals surface area (Å²) in [5.74, 6) is 0.786. The van der Waals surface area contributed by atoms with Crippen molar-refractivity contribution < 1.29 is 9.53 Å². The normalized spacial score (nSPS) is 13.8. The number of rotatable bonds is 5. The number of aldehydes is 1. The van der Waals surface area contributed by atoms with Crippen molar-refractivity contribution in [1.29, 1.82) is 0 Å². The highest BCUT2D eigenvalue weighted by molar-refractivity contribution is 6.07. The Morgan fingerprint density at radius 2 is 1.77 bits per heavy atom. The predicted octanol–water partition coefficient (Wildman–Crippen LogP) is 4.30. The lowest BCUT2D eigenvalue weighted by Gasteiger charge is -2.19. The molecule has 108 valence electrons. The Morgan fingerprint density at radius 3 is 2.50 bits per heavy atom. The summed E-state index contributed by atoms with van der Waals surface area (Å²) in [6.45, 7) is 0. The van der Waals surface area contributed by atoms with Crippen LogP contribution in [0.2, 0.25) is 0 Å². The van der Waals surface area contributed by atoms with E-state index in [0.29, 0.717) is 0 Å². The molecule has 0 atom stereocenters. The van der Waals surface area contributed by atoms with Gasteiger partial charge in [0.15, 0.2) is 6.29 Å². The van der Waals surface area contributed by atoms with Gasteiger partial charge < -0.3 is 4.74 Å². The second-order valence-electron chi connectivity index (χ2n) is 5.02. The first-order chi connectivity index (χ1) is 10.8. The zero-order valence-corrected chi connectivity index (χ0v) is 12.3. The van der Waals surface area contributed by atoms with Gasteiger partial charge in [-0.3, -0.25) is 4.79 Å². The zero-order chi connectivity index (χ0) is 15.4. The molecule has 2 aromatic rings. The summed E-state index contributed by atoms with van der Waals surface area (Å²) in [7, 11) is 1.64. The molecule has 3 rings (SSSR count). The summed E-state index contributed by atoms with van der Waals surface area (Å²) < 4.78 is 5.26. The number of hydrogen-bond acceptors (Lipinski definition) is 2. The van der Waals surface area contributed by atoms with E-state index in [4.69, 9.17) is 4.74 Å². The molecule has 0 N–H and O–H groups in total. The SMILES string of the molecule is COc1cccc(C2=C(/C=C/c3ccccc3)C=C2C=O)c1. The molecule has 0 aromatic heterocycles. The topological polar surface area (TPSA) is 26.3 Å². The number of ether oxygens (including phenoxy) is 1. The predicted molar refractivity (Wildman–Crippen MR) is 89.5 cm³/mol. The minimum atomic E-state index is 0.723. The van der Waals surface area contributed by atoms with Gasteiger partial charge in [-0.15, -0.1) is 0 Å². The molecule has 1 aliphatic rings. The lowest BCUT2D eigenvalue weighted by molar-refractivity contribution is -0.104. The van der Waals surface area contributed by atoms with Gasteiger partial charge in [-0.1, -0.05) is 54.6 Å². The molecular formula is C20H16O2. The highest BCUT2D eigenvalue weighted by Crippen LogP contribution is 2.37. The van der Waals surface area contributed by atoms with Crippen molar-refractivity contribution in [2.75, 3.05) is 7.11 Å². The number of methoxy groups -OCH3 is 1. The molecule has 2 aromatic carbocycles. The second-order valence-corrected chi connectivity index (χ2v) is 5.02. The first kappa shape index (κ1) is 14.1. The quantitative estimate of drug-likeness (QED) is 0.767. The minimum absolute atomic E-state index is 0.723. The van der Waals surface area contributed by atoms with E-state index in [2.05, 4.69) is 0 Å². The van der Waals surface area contributed by atoms with Crippen LogP contribution in [-0.4, -0.2) is 13.4 Å². The van der Waals surface area contributed by atoms with Crippen LogP contribution in [0, 0.1) is 0 Å². The summed E-state index contributed by atoms with van der Waals surface area (Å²) in [5, 5.41) is 0. The van der Waals surface area contributed by atoms with Crippen LogP contribution >= 0.6 is 0 Å². The molecule has 2 heteroatoms. The van der Waals surface area contributed by atoms with E-state index < -0.39 is 0 Å². The fraction of sp³-hybridized carbons (Fsp3) is 0.0500. The third-order valence-corrected chi connectivity index (χ3v) is 3.63. The maximum absolute atomic E-state index is 11.2. The fourth-order valence-electron chi connectivity index (χ4n) is 2.49. The first-order valence-corrected chi connectivity index (χ1v) is 7.11. The van der Waals surface area contributed by atoms with E-state index in [-0.39, 0.29) is 0 Å². The van der Waals surface area contributed by atoms with Gasteiger partial charge in [0.25, 0.3) is 0 Å². The molecule has 0 saturated heterocycles. The van der Waals surface area contributed by atoms with E-state index in [1.165, 1.54) is 0 Å². The van der Waals surface area contributed by atoms with Crippen LogP contribution in [-0.2, 0) is 4.79 Å². The maximum Gasteiger partial charge on any atom is 0.150 e. The number of allylic oxidation sites excluding steroid dienone is 5. The van der Waals surface area contributed by atoms with Gasteiger partial charge in [0, 0.05) is 5.57 Å². The average molecular weight is 288 g/mol. The lowest BCUT2D eigenvalue weighted by Crippen LogP contribution is -2.04. The first-order valence-electron chi connectivity index (χ1n) is 7.11. The molecule has 0 fully saturated rings. The molecule has 22 heavy (non-hydrogen) atoms. The Morgan fingerprint density at radius 1 is 0.955 bits per heavy atom. The minimum Gasteiger partial charge on any atom is -0.497 e. The largest absolute Gasteiger partial charge is 0.497 e. The van der Waals surface area contributed by atoms with Crippen LogP contribution in [0.5, 0.6) is 5.75 Å². The van der Waals surface area contributed by atoms with Gasteiger partial charge in [-0.25, -0.2) is 0 Å². The van der Waals surface area contributed by atoms with Crippen molar-refractivity contribution in [3.05, 3.63) is 89.0 Å². The molecule has 0 aliphatic heterocycles. The molecule has 0 radical (unpaired) electrons. The summed E-state index contributed by atoms with van der Waals surface area (Å²) in [6.07, 6.45) is 6.89. The number of benzene rings is 2. The van der Waals surface area contributed by atoms with Gasteiger partial charge in [0.2, 0.25) is 0 Å². The monoisotopic (exact) mass is 288 g/mol. The van der Waals surface area contributed by atoms with Gasteiger partial charge in [-0.2, -0.15) is 0 Å².